The second-order valence-corrected chi connectivity index (χ2v) is 7.45. The van der Waals surface area contributed by atoms with Crippen LogP contribution >= 0.6 is 0 Å². The third kappa shape index (κ3) is 4.89. The van der Waals surface area contributed by atoms with Crippen LogP contribution in [0.2, 0.25) is 0 Å². The van der Waals surface area contributed by atoms with Gasteiger partial charge in [0.2, 0.25) is 0 Å². The smallest absolute Gasteiger partial charge is 0.337 e. The van der Waals surface area contributed by atoms with Crippen LogP contribution in [0.15, 0.2) is 41.0 Å². The van der Waals surface area contributed by atoms with Crippen molar-refractivity contribution in [2.45, 2.75) is 65.8 Å². The van der Waals surface area contributed by atoms with Gasteiger partial charge >= 0.3 is 5.97 Å². The molecule has 5 nitrogen and oxygen atoms in total. The first kappa shape index (κ1) is 23.6. The Labute approximate surface area is 180 Å². The summed E-state index contributed by atoms with van der Waals surface area (Å²) in [7, 11) is 3.24. The molecule has 0 radical (unpaired) electrons. The number of aryl methyl sites for hydroxylation is 2. The maximum absolute atomic E-state index is 12.0. The van der Waals surface area contributed by atoms with E-state index in [9.17, 15) is 4.79 Å². The van der Waals surface area contributed by atoms with Crippen LogP contribution in [0, 0.1) is 0 Å². The second kappa shape index (κ2) is 11.5. The molecule has 5 heteroatoms. The average Bonchev–Trinajstić information content (AvgIpc) is 2.94. The number of aromatic nitrogens is 1. The minimum atomic E-state index is -0.313. The first-order valence-corrected chi connectivity index (χ1v) is 11.0. The summed E-state index contributed by atoms with van der Waals surface area (Å²) in [4.78, 5) is 21.2. The molecule has 0 fully saturated rings. The second-order valence-electron chi connectivity index (χ2n) is 7.45. The van der Waals surface area contributed by atoms with Gasteiger partial charge < -0.3 is 9.30 Å². The summed E-state index contributed by atoms with van der Waals surface area (Å²) in [6.07, 6.45) is 7.91. The van der Waals surface area contributed by atoms with Gasteiger partial charge in [0.1, 0.15) is 5.71 Å². The van der Waals surface area contributed by atoms with Crippen LogP contribution < -0.4 is 0 Å². The lowest BCUT2D eigenvalue weighted by atomic mass is 9.99. The van der Waals surface area contributed by atoms with Gasteiger partial charge in [-0.25, -0.2) is 4.79 Å². The lowest BCUT2D eigenvalue weighted by molar-refractivity contribution is 0.0601. The van der Waals surface area contributed by atoms with Crippen molar-refractivity contribution in [2.24, 2.45) is 9.98 Å². The number of carbonyl (C=O) groups is 1. The van der Waals surface area contributed by atoms with E-state index in [0.29, 0.717) is 5.56 Å². The summed E-state index contributed by atoms with van der Waals surface area (Å²) in [5, 5.41) is 1.18. The number of rotatable bonds is 5. The number of ether oxygens (including phenoxy) is 1. The minimum Gasteiger partial charge on any atom is -0.465 e. The van der Waals surface area contributed by atoms with Crippen molar-refractivity contribution in [3.05, 3.63) is 47.8 Å². The molecule has 0 saturated carbocycles. The van der Waals surface area contributed by atoms with Crippen molar-refractivity contribution < 1.29 is 9.53 Å². The van der Waals surface area contributed by atoms with E-state index in [2.05, 4.69) is 41.9 Å². The SMILES string of the molecule is C=CN=C1C(=NC)CCCn2c1c(CCCC)c1ccc(C(=O)OC)cc12.CCC. The number of fused-ring (bicyclic) bond motifs is 3. The van der Waals surface area contributed by atoms with Crippen LogP contribution in [0.3, 0.4) is 0 Å². The van der Waals surface area contributed by atoms with E-state index in [4.69, 9.17) is 4.74 Å². The fraction of sp³-hybridized carbons (Fsp3) is 0.480. The topological polar surface area (TPSA) is 56.0 Å². The highest BCUT2D eigenvalue weighted by Crippen LogP contribution is 2.32. The van der Waals surface area contributed by atoms with Crippen molar-refractivity contribution in [3.63, 3.8) is 0 Å². The molecule has 0 spiro atoms. The van der Waals surface area contributed by atoms with E-state index in [-0.39, 0.29) is 5.97 Å². The molecule has 1 aliphatic heterocycles. The van der Waals surface area contributed by atoms with Crippen molar-refractivity contribution in [2.75, 3.05) is 14.2 Å². The molecule has 0 bridgehead atoms. The molecule has 2 aromatic rings. The molecule has 1 aromatic heterocycles. The van der Waals surface area contributed by atoms with Gasteiger partial charge in [0.05, 0.1) is 24.1 Å². The van der Waals surface area contributed by atoms with Gasteiger partial charge in [-0.1, -0.05) is 46.3 Å². The minimum absolute atomic E-state index is 0.313. The van der Waals surface area contributed by atoms with Gasteiger partial charge in [-0.15, -0.1) is 0 Å². The molecule has 0 unspecified atom stereocenters. The Bertz CT molecular complexity index is 951. The largest absolute Gasteiger partial charge is 0.465 e. The van der Waals surface area contributed by atoms with E-state index in [1.807, 2.05) is 25.2 Å². The normalized spacial score (nSPS) is 16.0. The Balaban J connectivity index is 0.00000101. The predicted octanol–water partition coefficient (Wildman–Crippen LogP) is 5.98. The van der Waals surface area contributed by atoms with Crippen LogP contribution in [0.25, 0.3) is 10.9 Å². The summed E-state index contributed by atoms with van der Waals surface area (Å²) >= 11 is 0. The molecule has 30 heavy (non-hydrogen) atoms. The third-order valence-electron chi connectivity index (χ3n) is 5.15. The van der Waals surface area contributed by atoms with E-state index >= 15 is 0 Å². The Morgan fingerprint density at radius 2 is 2.03 bits per heavy atom. The Kier molecular flexibility index (Phi) is 9.03. The van der Waals surface area contributed by atoms with Gasteiger partial charge in [-0.2, -0.15) is 0 Å². The van der Waals surface area contributed by atoms with Crippen LogP contribution in [-0.2, 0) is 17.7 Å². The highest BCUT2D eigenvalue weighted by atomic mass is 16.5. The van der Waals surface area contributed by atoms with Gasteiger partial charge in [0, 0.05) is 30.7 Å². The number of esters is 1. The van der Waals surface area contributed by atoms with Crippen molar-refractivity contribution in [1.82, 2.24) is 4.57 Å². The molecule has 0 saturated heterocycles. The van der Waals surface area contributed by atoms with Crippen molar-refractivity contribution in [1.29, 1.82) is 0 Å². The molecule has 1 aromatic carbocycles. The van der Waals surface area contributed by atoms with Gasteiger partial charge in [-0.05, 0) is 43.4 Å². The van der Waals surface area contributed by atoms with Crippen LogP contribution in [-0.4, -0.2) is 36.1 Å². The average molecular weight is 410 g/mol. The molecule has 3 rings (SSSR count). The van der Waals surface area contributed by atoms with E-state index in [1.165, 1.54) is 24.5 Å². The molecule has 2 heterocycles. The highest BCUT2D eigenvalue weighted by molar-refractivity contribution is 6.49. The zero-order valence-electron chi connectivity index (χ0n) is 19.1. The van der Waals surface area contributed by atoms with Crippen LogP contribution in [0.1, 0.15) is 74.5 Å². The van der Waals surface area contributed by atoms with Gasteiger partial charge in [-0.3, -0.25) is 9.98 Å². The van der Waals surface area contributed by atoms with E-state index < -0.39 is 0 Å². The van der Waals surface area contributed by atoms with Crippen molar-refractivity contribution in [3.8, 4) is 0 Å². The number of carbonyl (C=O) groups excluding carboxylic acids is 1. The predicted molar refractivity (Wildman–Crippen MR) is 127 cm³/mol. The summed E-state index contributed by atoms with van der Waals surface area (Å²) in [6, 6.07) is 5.84. The number of methoxy groups -OCH3 is 1. The third-order valence-corrected chi connectivity index (χ3v) is 5.15. The van der Waals surface area contributed by atoms with Crippen molar-refractivity contribution >= 4 is 28.3 Å². The lowest BCUT2D eigenvalue weighted by Crippen LogP contribution is -2.17. The highest BCUT2D eigenvalue weighted by Gasteiger charge is 2.26. The van der Waals surface area contributed by atoms with E-state index in [0.717, 1.165) is 61.3 Å². The fourth-order valence-electron chi connectivity index (χ4n) is 3.88. The quantitative estimate of drug-likeness (QED) is 0.570. The molecular formula is C25H35N3O2. The van der Waals surface area contributed by atoms with Crippen LogP contribution in [0.5, 0.6) is 0 Å². The number of aliphatic imine (C=N–C) groups is 2. The molecule has 1 aliphatic rings. The molecule has 0 N–H and O–H groups in total. The number of nitrogens with zero attached hydrogens (tertiary/aromatic N) is 3. The number of hydrogen-bond acceptors (Lipinski definition) is 4. The molecule has 0 amide bonds. The zero-order valence-corrected chi connectivity index (χ0v) is 19.1. The number of benzene rings is 1. The van der Waals surface area contributed by atoms with E-state index in [1.54, 1.807) is 6.20 Å². The maximum Gasteiger partial charge on any atom is 0.337 e. The Morgan fingerprint density at radius 1 is 1.30 bits per heavy atom. The summed E-state index contributed by atoms with van der Waals surface area (Å²) in [5.41, 5.74) is 5.97. The first-order chi connectivity index (χ1) is 14.6. The van der Waals surface area contributed by atoms with Gasteiger partial charge in [0.15, 0.2) is 0 Å². The number of unbranched alkanes of at least 4 members (excludes halogenated alkanes) is 1. The maximum atomic E-state index is 12.0. The van der Waals surface area contributed by atoms with Crippen LogP contribution in [0.4, 0.5) is 0 Å². The Morgan fingerprint density at radius 3 is 2.63 bits per heavy atom. The first-order valence-electron chi connectivity index (χ1n) is 11.0. The fourth-order valence-corrected chi connectivity index (χ4v) is 3.88. The Hall–Kier alpha value is -2.69. The lowest BCUT2D eigenvalue weighted by Gasteiger charge is -2.10. The molecular weight excluding hydrogens is 374 g/mol. The summed E-state index contributed by atoms with van der Waals surface area (Å²) < 4.78 is 7.21. The summed E-state index contributed by atoms with van der Waals surface area (Å²) in [5.74, 6) is -0.313. The number of hydrogen-bond donors (Lipinski definition) is 0. The standard InChI is InChI=1S/C22H27N3O2.C3H8/c1-5-7-9-17-16-12-11-15(22(26)27-4)14-19(16)25-13-8-10-18(23-3)20(21(17)25)24-6-2;1-3-2/h6,11-12,14H,2,5,7-10,13H2,1,3-4H3;3H2,1-2H3. The monoisotopic (exact) mass is 409 g/mol. The molecule has 0 atom stereocenters. The molecule has 0 aliphatic carbocycles. The zero-order chi connectivity index (χ0) is 22.1. The molecule has 162 valence electrons. The summed E-state index contributed by atoms with van der Waals surface area (Å²) in [6.45, 7) is 11.1. The van der Waals surface area contributed by atoms with Gasteiger partial charge in [0.25, 0.3) is 0 Å².